The highest BCUT2D eigenvalue weighted by Crippen LogP contribution is 2.38. The summed E-state index contributed by atoms with van der Waals surface area (Å²) in [5.41, 5.74) is 1.76. The molecular formula is C35H40ClF3N6O6. The Labute approximate surface area is 296 Å². The molecule has 1 unspecified atom stereocenters. The molecule has 0 bridgehead atoms. The van der Waals surface area contributed by atoms with Crippen molar-refractivity contribution in [3.8, 4) is 0 Å². The van der Waals surface area contributed by atoms with Gasteiger partial charge in [-0.1, -0.05) is 30.7 Å². The molecule has 3 atom stereocenters. The number of hydrogen-bond donors (Lipinski definition) is 2. The molecule has 1 amide bonds. The van der Waals surface area contributed by atoms with Gasteiger partial charge in [-0.25, -0.2) is 19.6 Å². The highest BCUT2D eigenvalue weighted by molar-refractivity contribution is 6.31. The van der Waals surface area contributed by atoms with E-state index >= 15 is 0 Å². The number of hydrogen-bond acceptors (Lipinski definition) is 9. The molecule has 0 saturated carbocycles. The second kappa shape index (κ2) is 14.9. The second-order valence-electron chi connectivity index (χ2n) is 13.5. The van der Waals surface area contributed by atoms with E-state index in [1.54, 1.807) is 50.8 Å². The number of carbonyl (C=O) groups excluding carboxylic acids is 2. The van der Waals surface area contributed by atoms with Crippen LogP contribution in [0.1, 0.15) is 58.8 Å². The van der Waals surface area contributed by atoms with Crippen molar-refractivity contribution < 1.29 is 37.0 Å². The Hall–Kier alpha value is -4.63. The lowest BCUT2D eigenvalue weighted by molar-refractivity contribution is -0.144. The van der Waals surface area contributed by atoms with Gasteiger partial charge in [0.1, 0.15) is 23.5 Å². The number of carbonyl (C=O) groups is 2. The molecule has 5 heterocycles. The number of aliphatic hydroxyl groups excluding tert-OH is 1. The molecule has 0 spiro atoms. The van der Waals surface area contributed by atoms with E-state index in [9.17, 15) is 27.9 Å². The lowest BCUT2D eigenvalue weighted by Crippen LogP contribution is -2.46. The number of alkyl halides is 3. The smallest absolute Gasteiger partial charge is 0.450 e. The Kier molecular flexibility index (Phi) is 11.0. The summed E-state index contributed by atoms with van der Waals surface area (Å²) in [5.74, 6) is -0.964. The Morgan fingerprint density at radius 3 is 2.51 bits per heavy atom. The van der Waals surface area contributed by atoms with E-state index in [0.717, 1.165) is 17.5 Å². The van der Waals surface area contributed by atoms with Crippen molar-refractivity contribution in [2.24, 2.45) is 5.92 Å². The van der Waals surface area contributed by atoms with Crippen LogP contribution in [0.2, 0.25) is 5.02 Å². The van der Waals surface area contributed by atoms with Crippen LogP contribution in [-0.4, -0.2) is 80.3 Å². The van der Waals surface area contributed by atoms with E-state index in [1.165, 1.54) is 0 Å². The summed E-state index contributed by atoms with van der Waals surface area (Å²) in [6.07, 6.45) is -2.77. The van der Waals surface area contributed by atoms with Gasteiger partial charge in [0.05, 0.1) is 23.7 Å². The van der Waals surface area contributed by atoms with Gasteiger partial charge in [-0.05, 0) is 76.3 Å². The fourth-order valence-electron chi connectivity index (χ4n) is 6.64. The zero-order chi connectivity index (χ0) is 37.2. The fourth-order valence-corrected chi connectivity index (χ4v) is 6.82. The number of H-pyrrole nitrogens is 1. The molecule has 0 radical (unpaired) electrons. The summed E-state index contributed by atoms with van der Waals surface area (Å²) in [6, 6.07) is 12.0. The zero-order valence-electron chi connectivity index (χ0n) is 28.7. The number of rotatable bonds is 3. The number of aliphatic hydroxyl groups is 1. The average molecular weight is 733 g/mol. The van der Waals surface area contributed by atoms with Gasteiger partial charge in [0, 0.05) is 36.1 Å². The van der Waals surface area contributed by atoms with Crippen LogP contribution in [0.3, 0.4) is 0 Å². The Balaban J connectivity index is 0.000000189. The number of benzene rings is 2. The van der Waals surface area contributed by atoms with E-state index in [4.69, 9.17) is 25.5 Å². The minimum atomic E-state index is -4.66. The van der Waals surface area contributed by atoms with E-state index in [1.807, 2.05) is 33.6 Å². The maximum Gasteiger partial charge on any atom is 0.451 e. The third kappa shape index (κ3) is 7.99. The molecule has 274 valence electrons. The summed E-state index contributed by atoms with van der Waals surface area (Å²) in [7, 11) is 0. The Bertz CT molecular complexity index is 2070. The minimum Gasteiger partial charge on any atom is -0.450 e. The molecular weight excluding hydrogens is 693 g/mol. The summed E-state index contributed by atoms with van der Waals surface area (Å²) in [4.78, 5) is 46.4. The van der Waals surface area contributed by atoms with Crippen molar-refractivity contribution >= 4 is 63.4 Å². The first-order valence-corrected chi connectivity index (χ1v) is 16.8. The van der Waals surface area contributed by atoms with Crippen molar-refractivity contribution in [2.75, 3.05) is 31.1 Å². The van der Waals surface area contributed by atoms with Gasteiger partial charge in [0.25, 0.3) is 0 Å². The van der Waals surface area contributed by atoms with Gasteiger partial charge in [-0.3, -0.25) is 4.57 Å². The van der Waals surface area contributed by atoms with Crippen molar-refractivity contribution in [1.82, 2.24) is 24.4 Å². The lowest BCUT2D eigenvalue weighted by atomic mass is 9.93. The van der Waals surface area contributed by atoms with Crippen LogP contribution in [0, 0.1) is 5.92 Å². The largest absolute Gasteiger partial charge is 0.451 e. The molecule has 51 heavy (non-hydrogen) atoms. The monoisotopic (exact) mass is 732 g/mol. The van der Waals surface area contributed by atoms with Gasteiger partial charge >= 0.3 is 18.0 Å². The predicted molar refractivity (Wildman–Crippen MR) is 187 cm³/mol. The number of ether oxygens (including phenoxy) is 1. The number of nitrogens with one attached hydrogen (secondary N) is 1. The van der Waals surface area contributed by atoms with Crippen LogP contribution >= 0.6 is 11.6 Å². The maximum absolute atomic E-state index is 13.2. The molecule has 0 aliphatic carbocycles. The normalized spacial score (nSPS) is 19.5. The maximum atomic E-state index is 13.2. The van der Waals surface area contributed by atoms with Gasteiger partial charge in [0.15, 0.2) is 11.4 Å². The number of piperidine rings is 1. The van der Waals surface area contributed by atoms with Crippen LogP contribution in [0.5, 0.6) is 0 Å². The van der Waals surface area contributed by atoms with Crippen molar-refractivity contribution in [2.45, 2.75) is 70.8 Å². The molecule has 2 N–H and O–H groups in total. The van der Waals surface area contributed by atoms with Crippen molar-refractivity contribution in [1.29, 1.82) is 0 Å². The molecule has 2 aliphatic rings. The molecule has 5 aromatic rings. The third-order valence-corrected chi connectivity index (χ3v) is 9.07. The number of aromatic nitrogens is 4. The SMILES string of the molecule is C=O.C[C@H]1CN(C(=O)OC(C)(C)C)CCC1n1c(=O)[nH]c2cc(Cl)ccc21.OC[C@@H]1CCCN1c1nc(C(F)(F)F)nc2c1oc1ccccc12. The molecule has 2 fully saturated rings. The van der Waals surface area contributed by atoms with Crippen molar-refractivity contribution in [3.63, 3.8) is 0 Å². The molecule has 16 heteroatoms. The predicted octanol–water partition coefficient (Wildman–Crippen LogP) is 6.97. The standard InChI is InChI=1S/C18H24ClN3O3.C16H14F3N3O2.CH2O/c1-11-10-21(17(24)25-18(2,3)4)8-7-14(11)22-15-6-5-12(19)9-13(15)20-16(22)23;17-16(18,19)15-20-12-10-5-1-2-6-11(10)24-13(12)14(21-15)22-7-3-4-9(22)8-23;1-2/h5-6,9,11,14H,7-8,10H2,1-4H3,(H,20,23);1-2,5-6,9,23H,3-4,7-8H2;1H2/t11-,14?;9-;/m00./s1. The number of amides is 1. The van der Waals surface area contributed by atoms with Gasteiger partial charge in [-0.15, -0.1) is 0 Å². The summed E-state index contributed by atoms with van der Waals surface area (Å²) in [5, 5.41) is 10.6. The van der Waals surface area contributed by atoms with Crippen LogP contribution in [0.15, 0.2) is 51.7 Å². The number of halogens is 4. The molecule has 7 rings (SSSR count). The van der Waals surface area contributed by atoms with Gasteiger partial charge < -0.3 is 33.8 Å². The molecule has 2 aliphatic heterocycles. The molecule has 2 saturated heterocycles. The Morgan fingerprint density at radius 1 is 1.12 bits per heavy atom. The number of fused-ring (bicyclic) bond motifs is 4. The number of likely N-dealkylation sites (tertiary alicyclic amines) is 1. The Morgan fingerprint density at radius 2 is 1.84 bits per heavy atom. The van der Waals surface area contributed by atoms with E-state index in [0.29, 0.717) is 48.5 Å². The molecule has 3 aromatic heterocycles. The van der Waals surface area contributed by atoms with Crippen LogP contribution in [0.25, 0.3) is 33.1 Å². The van der Waals surface area contributed by atoms with E-state index < -0.39 is 17.6 Å². The van der Waals surface area contributed by atoms with Crippen LogP contribution in [-0.2, 0) is 15.7 Å². The summed E-state index contributed by atoms with van der Waals surface area (Å²) < 4.78 is 52.7. The average Bonchev–Trinajstić information content (AvgIpc) is 3.79. The summed E-state index contributed by atoms with van der Waals surface area (Å²) in [6.45, 7) is 11.1. The van der Waals surface area contributed by atoms with Crippen molar-refractivity contribution in [3.05, 3.63) is 63.8 Å². The van der Waals surface area contributed by atoms with Gasteiger partial charge in [0.2, 0.25) is 5.82 Å². The highest BCUT2D eigenvalue weighted by atomic mass is 35.5. The van der Waals surface area contributed by atoms with Crippen LogP contribution in [0.4, 0.5) is 23.8 Å². The molecule has 2 aromatic carbocycles. The first-order valence-electron chi connectivity index (χ1n) is 16.4. The van der Waals surface area contributed by atoms with E-state index in [2.05, 4.69) is 21.9 Å². The quantitative estimate of drug-likeness (QED) is 0.201. The third-order valence-electron chi connectivity index (χ3n) is 8.84. The first kappa shape index (κ1) is 37.6. The first-order chi connectivity index (χ1) is 24.1. The minimum absolute atomic E-state index is 0.0288. The highest BCUT2D eigenvalue weighted by Gasteiger charge is 2.38. The molecule has 12 nitrogen and oxygen atoms in total. The lowest BCUT2D eigenvalue weighted by Gasteiger charge is -2.38. The fraction of sp³-hybridized carbons (Fsp3) is 0.457. The number of nitrogens with zero attached hydrogens (tertiary/aromatic N) is 5. The number of furan rings is 1. The number of aromatic amines is 1. The van der Waals surface area contributed by atoms with E-state index in [-0.39, 0.29) is 53.3 Å². The van der Waals surface area contributed by atoms with Crippen LogP contribution < -0.4 is 10.6 Å². The van der Waals surface area contributed by atoms with Gasteiger partial charge in [-0.2, -0.15) is 13.2 Å². The second-order valence-corrected chi connectivity index (χ2v) is 14.0. The zero-order valence-corrected chi connectivity index (χ0v) is 29.4. The topological polar surface area (TPSA) is 147 Å². The number of anilines is 1. The number of para-hydroxylation sites is 1. The summed E-state index contributed by atoms with van der Waals surface area (Å²) >= 11 is 6.01. The number of imidazole rings is 1.